The van der Waals surface area contributed by atoms with Crippen LogP contribution in [0.1, 0.15) is 38.3 Å². The van der Waals surface area contributed by atoms with Gasteiger partial charge in [-0.3, -0.25) is 0 Å². The maximum absolute atomic E-state index is 13.1. The van der Waals surface area contributed by atoms with Crippen LogP contribution in [-0.2, 0) is 15.7 Å². The molecule has 126 valence electrons. The molecule has 6 heteroatoms. The van der Waals surface area contributed by atoms with Crippen molar-refractivity contribution in [3.63, 3.8) is 0 Å². The van der Waals surface area contributed by atoms with Crippen LogP contribution in [0.25, 0.3) is 5.57 Å². The van der Waals surface area contributed by atoms with Crippen molar-refractivity contribution < 1.29 is 22.7 Å². The van der Waals surface area contributed by atoms with Gasteiger partial charge in [-0.1, -0.05) is 24.3 Å². The van der Waals surface area contributed by atoms with Crippen molar-refractivity contribution >= 4 is 11.5 Å². The maximum Gasteiger partial charge on any atom is 0.416 e. The molecule has 1 aromatic carbocycles. The van der Waals surface area contributed by atoms with Gasteiger partial charge in [0.1, 0.15) is 11.6 Å². The summed E-state index contributed by atoms with van der Waals surface area (Å²) in [5.74, 6) is -0.487. The van der Waals surface area contributed by atoms with Crippen LogP contribution in [0, 0.1) is 0 Å². The van der Waals surface area contributed by atoms with E-state index in [1.165, 1.54) is 18.2 Å². The van der Waals surface area contributed by atoms with Crippen molar-refractivity contribution in [2.24, 2.45) is 0 Å². The SMILES string of the molecule is CC(C)(C)OC(=O)C1C=C(c2ccccc2C(F)(F)F)CCN1. The largest absolute Gasteiger partial charge is 0.459 e. The lowest BCUT2D eigenvalue weighted by Crippen LogP contribution is -2.42. The van der Waals surface area contributed by atoms with Crippen molar-refractivity contribution in [2.45, 2.75) is 45.0 Å². The normalized spacial score (nSPS) is 19.2. The van der Waals surface area contributed by atoms with Crippen LogP contribution in [0.2, 0.25) is 0 Å². The number of halogens is 3. The lowest BCUT2D eigenvalue weighted by Gasteiger charge is -2.27. The number of hydrogen-bond acceptors (Lipinski definition) is 3. The molecule has 0 fully saturated rings. The average Bonchev–Trinajstić information content (AvgIpc) is 2.45. The summed E-state index contributed by atoms with van der Waals surface area (Å²) in [5.41, 5.74) is -0.702. The molecule has 1 N–H and O–H groups in total. The Bertz CT molecular complexity index is 615. The maximum atomic E-state index is 13.1. The summed E-state index contributed by atoms with van der Waals surface area (Å²) >= 11 is 0. The Balaban J connectivity index is 2.32. The number of benzene rings is 1. The van der Waals surface area contributed by atoms with Gasteiger partial charge in [-0.2, -0.15) is 13.2 Å². The summed E-state index contributed by atoms with van der Waals surface area (Å²) in [5, 5.41) is 2.97. The fourth-order valence-electron chi connectivity index (χ4n) is 2.46. The lowest BCUT2D eigenvalue weighted by atomic mass is 9.93. The number of rotatable bonds is 2. The number of hydrogen-bond donors (Lipinski definition) is 1. The van der Waals surface area contributed by atoms with Gasteiger partial charge >= 0.3 is 12.1 Å². The standard InChI is InChI=1S/C17H20F3NO2/c1-16(2,3)23-15(22)14-10-11(8-9-21-14)12-6-4-5-7-13(12)17(18,19)20/h4-7,10,14,21H,8-9H2,1-3H3. The van der Waals surface area contributed by atoms with Crippen molar-refractivity contribution in [3.8, 4) is 0 Å². The monoisotopic (exact) mass is 327 g/mol. The highest BCUT2D eigenvalue weighted by Gasteiger charge is 2.35. The zero-order valence-electron chi connectivity index (χ0n) is 13.3. The highest BCUT2D eigenvalue weighted by molar-refractivity contribution is 5.83. The Morgan fingerprint density at radius 1 is 1.22 bits per heavy atom. The minimum atomic E-state index is -4.43. The van der Waals surface area contributed by atoms with Crippen LogP contribution in [-0.4, -0.2) is 24.2 Å². The number of carbonyl (C=O) groups excluding carboxylic acids is 1. The molecular formula is C17H20F3NO2. The summed E-state index contributed by atoms with van der Waals surface area (Å²) < 4.78 is 44.7. The van der Waals surface area contributed by atoms with Gasteiger partial charge in [0.2, 0.25) is 0 Å². The Morgan fingerprint density at radius 2 is 1.87 bits per heavy atom. The molecular weight excluding hydrogens is 307 g/mol. The van der Waals surface area contributed by atoms with Gasteiger partial charge in [-0.05, 0) is 44.4 Å². The van der Waals surface area contributed by atoms with Crippen LogP contribution in [0.4, 0.5) is 13.2 Å². The molecule has 0 aromatic heterocycles. The smallest absolute Gasteiger partial charge is 0.416 e. The van der Waals surface area contributed by atoms with E-state index in [2.05, 4.69) is 5.32 Å². The predicted octanol–water partition coefficient (Wildman–Crippen LogP) is 3.79. The second-order valence-corrected chi connectivity index (χ2v) is 6.45. The fraction of sp³-hybridized carbons (Fsp3) is 0.471. The van der Waals surface area contributed by atoms with E-state index >= 15 is 0 Å². The summed E-state index contributed by atoms with van der Waals surface area (Å²) in [4.78, 5) is 12.1. The van der Waals surface area contributed by atoms with E-state index < -0.39 is 29.4 Å². The summed E-state index contributed by atoms with van der Waals surface area (Å²) in [6.07, 6.45) is -2.47. The van der Waals surface area contributed by atoms with Crippen LogP contribution < -0.4 is 5.32 Å². The lowest BCUT2D eigenvalue weighted by molar-refractivity contribution is -0.156. The third-order valence-electron chi connectivity index (χ3n) is 3.37. The van der Waals surface area contributed by atoms with Crippen molar-refractivity contribution in [1.82, 2.24) is 5.32 Å². The van der Waals surface area contributed by atoms with Gasteiger partial charge in [0, 0.05) is 6.54 Å². The van der Waals surface area contributed by atoms with Gasteiger partial charge in [-0.25, -0.2) is 4.79 Å². The Kier molecular flexibility index (Phi) is 4.84. The molecule has 1 aliphatic heterocycles. The quantitative estimate of drug-likeness (QED) is 0.840. The van der Waals surface area contributed by atoms with E-state index in [4.69, 9.17) is 4.74 Å². The Hall–Kier alpha value is -1.82. The molecule has 0 aliphatic carbocycles. The molecule has 0 spiro atoms. The molecule has 0 radical (unpaired) electrons. The van der Waals surface area contributed by atoms with Crippen LogP contribution in [0.15, 0.2) is 30.3 Å². The summed E-state index contributed by atoms with van der Waals surface area (Å²) in [6, 6.07) is 4.68. The molecule has 1 aliphatic rings. The predicted molar refractivity (Wildman–Crippen MR) is 81.7 cm³/mol. The zero-order chi connectivity index (χ0) is 17.3. The summed E-state index contributed by atoms with van der Waals surface area (Å²) in [7, 11) is 0. The average molecular weight is 327 g/mol. The fourth-order valence-corrected chi connectivity index (χ4v) is 2.46. The molecule has 0 saturated carbocycles. The second kappa shape index (κ2) is 6.35. The van der Waals surface area contributed by atoms with E-state index in [0.717, 1.165) is 6.07 Å². The molecule has 23 heavy (non-hydrogen) atoms. The van der Waals surface area contributed by atoms with Crippen LogP contribution >= 0.6 is 0 Å². The first-order chi connectivity index (χ1) is 10.6. The third kappa shape index (κ3) is 4.58. The first-order valence-electron chi connectivity index (χ1n) is 7.41. The van der Waals surface area contributed by atoms with Crippen LogP contribution in [0.5, 0.6) is 0 Å². The minimum absolute atomic E-state index is 0.120. The van der Waals surface area contributed by atoms with Gasteiger partial charge in [0.05, 0.1) is 5.56 Å². The molecule has 0 bridgehead atoms. The Morgan fingerprint density at radius 3 is 2.48 bits per heavy atom. The summed E-state index contributed by atoms with van der Waals surface area (Å²) in [6.45, 7) is 5.66. The van der Waals surface area contributed by atoms with E-state index in [9.17, 15) is 18.0 Å². The van der Waals surface area contributed by atoms with Gasteiger partial charge in [-0.15, -0.1) is 0 Å². The molecule has 1 atom stereocenters. The topological polar surface area (TPSA) is 38.3 Å². The molecule has 1 unspecified atom stereocenters. The van der Waals surface area contributed by atoms with Crippen molar-refractivity contribution in [2.75, 3.05) is 6.54 Å². The van der Waals surface area contributed by atoms with Gasteiger partial charge in [0.15, 0.2) is 0 Å². The highest BCUT2D eigenvalue weighted by Crippen LogP contribution is 2.36. The van der Waals surface area contributed by atoms with Gasteiger partial charge in [0.25, 0.3) is 0 Å². The molecule has 3 nitrogen and oxygen atoms in total. The zero-order valence-corrected chi connectivity index (χ0v) is 13.3. The molecule has 2 rings (SSSR count). The number of ether oxygens (including phenoxy) is 1. The van der Waals surface area contributed by atoms with Crippen LogP contribution in [0.3, 0.4) is 0 Å². The molecule has 1 aromatic rings. The number of alkyl halides is 3. The second-order valence-electron chi connectivity index (χ2n) is 6.45. The third-order valence-corrected chi connectivity index (χ3v) is 3.37. The van der Waals surface area contributed by atoms with Crippen molar-refractivity contribution in [3.05, 3.63) is 41.5 Å². The van der Waals surface area contributed by atoms with Gasteiger partial charge < -0.3 is 10.1 Å². The first kappa shape index (κ1) is 17.5. The minimum Gasteiger partial charge on any atom is -0.459 e. The molecule has 0 saturated heterocycles. The number of carbonyl (C=O) groups is 1. The highest BCUT2D eigenvalue weighted by atomic mass is 19.4. The van der Waals surface area contributed by atoms with E-state index in [-0.39, 0.29) is 5.56 Å². The van der Waals surface area contributed by atoms with E-state index in [1.54, 1.807) is 26.8 Å². The number of nitrogens with one attached hydrogen (secondary N) is 1. The van der Waals surface area contributed by atoms with E-state index in [0.29, 0.717) is 18.5 Å². The Labute approximate surface area is 133 Å². The van der Waals surface area contributed by atoms with Crippen molar-refractivity contribution in [1.29, 1.82) is 0 Å². The molecule has 0 amide bonds. The molecule has 1 heterocycles. The first-order valence-corrected chi connectivity index (χ1v) is 7.41. The number of esters is 1. The van der Waals surface area contributed by atoms with E-state index in [1.807, 2.05) is 0 Å².